The van der Waals surface area contributed by atoms with E-state index in [9.17, 15) is 14.0 Å². The molecule has 2 amide bonds. The Balaban J connectivity index is 1.56. The van der Waals surface area contributed by atoms with Crippen LogP contribution < -0.4 is 5.32 Å². The fraction of sp³-hybridized carbons (Fsp3) is 0.520. The molecule has 1 N–H and O–H groups in total. The van der Waals surface area contributed by atoms with Gasteiger partial charge < -0.3 is 10.2 Å². The number of carbonyl (C=O) groups is 2. The summed E-state index contributed by atoms with van der Waals surface area (Å²) in [6.07, 6.45) is 9.94. The molecule has 0 bridgehead atoms. The molecule has 2 aromatic rings. The van der Waals surface area contributed by atoms with E-state index in [4.69, 9.17) is 0 Å². The first-order valence-corrected chi connectivity index (χ1v) is 11.7. The maximum absolute atomic E-state index is 13.2. The molecule has 0 radical (unpaired) electrons. The van der Waals surface area contributed by atoms with E-state index >= 15 is 0 Å². The molecule has 2 aliphatic rings. The van der Waals surface area contributed by atoms with Gasteiger partial charge in [0.15, 0.2) is 0 Å². The largest absolute Gasteiger partial charge is 0.349 e. The van der Waals surface area contributed by atoms with Crippen molar-refractivity contribution in [3.8, 4) is 0 Å². The van der Waals surface area contributed by atoms with Crippen LogP contribution in [0.4, 0.5) is 4.39 Å². The summed E-state index contributed by atoms with van der Waals surface area (Å²) < 4.78 is 13.2. The van der Waals surface area contributed by atoms with Crippen LogP contribution >= 0.6 is 0 Å². The molecule has 32 heavy (non-hydrogen) atoms. The zero-order valence-corrected chi connectivity index (χ0v) is 18.6. The molecule has 170 valence electrons. The summed E-state index contributed by atoms with van der Waals surface area (Å²) in [5.74, 6) is 0.0903. The Morgan fingerprint density at radius 3 is 2.53 bits per heavy atom. The zero-order valence-electron chi connectivity index (χ0n) is 18.6. The minimum absolute atomic E-state index is 0.0313. The van der Waals surface area contributed by atoms with Crippen molar-refractivity contribution in [2.24, 2.45) is 0 Å². The predicted octanol–water partition coefficient (Wildman–Crippen LogP) is 4.28. The van der Waals surface area contributed by atoms with Crippen molar-refractivity contribution in [3.05, 3.63) is 58.9 Å². The lowest BCUT2D eigenvalue weighted by Crippen LogP contribution is -2.42. The van der Waals surface area contributed by atoms with Crippen molar-refractivity contribution < 1.29 is 14.0 Å². The van der Waals surface area contributed by atoms with Gasteiger partial charge in [-0.15, -0.1) is 0 Å². The number of piperidine rings is 1. The third-order valence-corrected chi connectivity index (χ3v) is 6.53. The smallest absolute Gasteiger partial charge is 0.255 e. The molecule has 1 aromatic carbocycles. The van der Waals surface area contributed by atoms with Gasteiger partial charge in [-0.1, -0.05) is 31.4 Å². The van der Waals surface area contributed by atoms with Crippen molar-refractivity contribution in [3.63, 3.8) is 0 Å². The van der Waals surface area contributed by atoms with E-state index in [1.54, 1.807) is 25.3 Å². The van der Waals surface area contributed by atoms with Crippen LogP contribution in [0.25, 0.3) is 0 Å². The van der Waals surface area contributed by atoms with Gasteiger partial charge in [0.1, 0.15) is 11.6 Å². The molecule has 4 rings (SSSR count). The van der Waals surface area contributed by atoms with Crippen LogP contribution in [0.15, 0.2) is 30.5 Å². The minimum atomic E-state index is -0.317. The Bertz CT molecular complexity index is 957. The Labute approximate surface area is 188 Å². The summed E-state index contributed by atoms with van der Waals surface area (Å²) in [7, 11) is 0. The number of halogens is 1. The first-order chi connectivity index (χ1) is 15.5. The first-order valence-electron chi connectivity index (χ1n) is 11.7. The fourth-order valence-electron chi connectivity index (χ4n) is 4.82. The molecule has 2 fully saturated rings. The highest BCUT2D eigenvalue weighted by Crippen LogP contribution is 2.32. The summed E-state index contributed by atoms with van der Waals surface area (Å²) >= 11 is 0. The van der Waals surface area contributed by atoms with Gasteiger partial charge in [0.2, 0.25) is 5.91 Å². The highest BCUT2D eigenvalue weighted by Gasteiger charge is 2.32. The van der Waals surface area contributed by atoms with Crippen molar-refractivity contribution in [1.82, 2.24) is 20.2 Å². The number of rotatable bonds is 5. The van der Waals surface area contributed by atoms with Gasteiger partial charge in [0.25, 0.3) is 5.91 Å². The van der Waals surface area contributed by atoms with E-state index in [1.807, 2.05) is 4.90 Å². The molecule has 1 aliphatic heterocycles. The molecule has 7 heteroatoms. The number of benzene rings is 1. The van der Waals surface area contributed by atoms with E-state index in [0.717, 1.165) is 50.5 Å². The van der Waals surface area contributed by atoms with Crippen molar-refractivity contribution >= 4 is 11.8 Å². The Hall–Kier alpha value is -2.83. The standard InChI is InChI=1S/C25H31FN4O2/c1-17-27-16-21(25(32)29-20-7-3-2-4-8-20)24(28-17)22-9-5-6-14-30(22)23(31)15-18-10-12-19(26)13-11-18/h10-13,16,20,22H,2-9,14-15H2,1H3,(H,29,32)/t22-/m1/s1. The van der Waals surface area contributed by atoms with Crippen molar-refractivity contribution in [1.29, 1.82) is 0 Å². The number of likely N-dealkylation sites (tertiary alicyclic amines) is 1. The van der Waals surface area contributed by atoms with Crippen LogP contribution in [-0.4, -0.2) is 39.3 Å². The lowest BCUT2D eigenvalue weighted by atomic mass is 9.93. The van der Waals surface area contributed by atoms with Gasteiger partial charge in [-0.2, -0.15) is 0 Å². The van der Waals surface area contributed by atoms with Gasteiger partial charge >= 0.3 is 0 Å². The zero-order chi connectivity index (χ0) is 22.5. The van der Waals surface area contributed by atoms with Crippen molar-refractivity contribution in [2.75, 3.05) is 6.54 Å². The van der Waals surface area contributed by atoms with E-state index in [2.05, 4.69) is 15.3 Å². The number of nitrogens with zero attached hydrogens (tertiary/aromatic N) is 3. The number of amides is 2. The lowest BCUT2D eigenvalue weighted by Gasteiger charge is -2.36. The molecule has 6 nitrogen and oxygen atoms in total. The monoisotopic (exact) mass is 438 g/mol. The van der Waals surface area contributed by atoms with Crippen LogP contribution in [0.2, 0.25) is 0 Å². The molecular weight excluding hydrogens is 407 g/mol. The number of nitrogens with one attached hydrogen (secondary N) is 1. The minimum Gasteiger partial charge on any atom is -0.349 e. The van der Waals surface area contributed by atoms with Gasteiger partial charge in [-0.3, -0.25) is 9.59 Å². The van der Waals surface area contributed by atoms with Gasteiger partial charge in [-0.25, -0.2) is 14.4 Å². The van der Waals surface area contributed by atoms with E-state index < -0.39 is 0 Å². The fourth-order valence-corrected chi connectivity index (χ4v) is 4.82. The normalized spacial score (nSPS) is 19.6. The number of aryl methyl sites for hydroxylation is 1. The molecule has 2 heterocycles. The predicted molar refractivity (Wildman–Crippen MR) is 120 cm³/mol. The number of carbonyl (C=O) groups excluding carboxylic acids is 2. The quantitative estimate of drug-likeness (QED) is 0.756. The summed E-state index contributed by atoms with van der Waals surface area (Å²) in [5.41, 5.74) is 1.88. The summed E-state index contributed by atoms with van der Waals surface area (Å²) in [6, 6.07) is 5.96. The highest BCUT2D eigenvalue weighted by atomic mass is 19.1. The molecule has 1 saturated carbocycles. The maximum Gasteiger partial charge on any atom is 0.255 e. The van der Waals surface area contributed by atoms with Crippen LogP contribution in [0.5, 0.6) is 0 Å². The average Bonchev–Trinajstić information content (AvgIpc) is 2.81. The molecule has 0 unspecified atom stereocenters. The van der Waals surface area contributed by atoms with Crippen LogP contribution in [0.3, 0.4) is 0 Å². The molecule has 1 saturated heterocycles. The SMILES string of the molecule is Cc1ncc(C(=O)NC2CCCCC2)c([C@H]2CCCCN2C(=O)Cc2ccc(F)cc2)n1. The van der Waals surface area contributed by atoms with Gasteiger partial charge in [0, 0.05) is 18.8 Å². The number of hydrogen-bond donors (Lipinski definition) is 1. The number of aromatic nitrogens is 2. The molecular formula is C25H31FN4O2. The maximum atomic E-state index is 13.2. The molecule has 0 spiro atoms. The lowest BCUT2D eigenvalue weighted by molar-refractivity contribution is -0.134. The van der Waals surface area contributed by atoms with Gasteiger partial charge in [0.05, 0.1) is 23.7 Å². The number of hydrogen-bond acceptors (Lipinski definition) is 4. The average molecular weight is 439 g/mol. The molecule has 1 aliphatic carbocycles. The van der Waals surface area contributed by atoms with E-state index in [-0.39, 0.29) is 36.1 Å². The summed E-state index contributed by atoms with van der Waals surface area (Å²) in [6.45, 7) is 2.43. The van der Waals surface area contributed by atoms with Crippen molar-refractivity contribution in [2.45, 2.75) is 76.8 Å². The summed E-state index contributed by atoms with van der Waals surface area (Å²) in [5, 5.41) is 3.17. The highest BCUT2D eigenvalue weighted by molar-refractivity contribution is 5.95. The molecule has 1 atom stereocenters. The second-order valence-corrected chi connectivity index (χ2v) is 8.93. The van der Waals surface area contributed by atoms with E-state index in [1.165, 1.54) is 18.6 Å². The first kappa shape index (κ1) is 22.4. The van der Waals surface area contributed by atoms with Crippen LogP contribution in [-0.2, 0) is 11.2 Å². The second kappa shape index (κ2) is 10.2. The third-order valence-electron chi connectivity index (χ3n) is 6.53. The Morgan fingerprint density at radius 1 is 1.06 bits per heavy atom. The second-order valence-electron chi connectivity index (χ2n) is 8.93. The topological polar surface area (TPSA) is 75.2 Å². The molecule has 1 aromatic heterocycles. The Kier molecular flexibility index (Phi) is 7.12. The van der Waals surface area contributed by atoms with Crippen LogP contribution in [0.1, 0.15) is 84.8 Å². The Morgan fingerprint density at radius 2 is 1.78 bits per heavy atom. The third kappa shape index (κ3) is 5.31. The summed E-state index contributed by atoms with van der Waals surface area (Å²) in [4.78, 5) is 37.1. The van der Waals surface area contributed by atoms with Gasteiger partial charge in [-0.05, 0) is 56.7 Å². The van der Waals surface area contributed by atoms with Crippen LogP contribution in [0, 0.1) is 12.7 Å². The van der Waals surface area contributed by atoms with E-state index in [0.29, 0.717) is 23.6 Å².